The van der Waals surface area contributed by atoms with E-state index in [1.807, 2.05) is 39.8 Å². The molecule has 4 aromatic rings. The van der Waals surface area contributed by atoms with E-state index in [4.69, 9.17) is 23.9 Å². The maximum atomic E-state index is 13.9. The lowest BCUT2D eigenvalue weighted by atomic mass is 10.0. The topological polar surface area (TPSA) is 83.5 Å². The van der Waals surface area contributed by atoms with E-state index >= 15 is 0 Å². The first-order valence-electron chi connectivity index (χ1n) is 20.2. The molecular weight excluding hydrogens is 717 g/mol. The molecule has 1 aromatic heterocycles. The second kappa shape index (κ2) is 17.9. The number of benzene rings is 3. The summed E-state index contributed by atoms with van der Waals surface area (Å²) in [4.78, 5) is 32.8. The number of anilines is 1. The van der Waals surface area contributed by atoms with Gasteiger partial charge in [0.25, 0.3) is 8.32 Å². The number of piperazine rings is 1. The van der Waals surface area contributed by atoms with Crippen LogP contribution in [0, 0.1) is 0 Å². The third-order valence-electron chi connectivity index (χ3n) is 10.7. The summed E-state index contributed by atoms with van der Waals surface area (Å²) in [7, 11) is 1.29. The lowest BCUT2D eigenvalue weighted by molar-refractivity contribution is 0.0117. The molecular formula is C45H62N6O4Si. The average Bonchev–Trinajstić information content (AvgIpc) is 3.16. The molecule has 0 saturated carbocycles. The van der Waals surface area contributed by atoms with Crippen LogP contribution in [0.4, 0.5) is 10.6 Å². The highest BCUT2D eigenvalue weighted by Gasteiger charge is 2.50. The van der Waals surface area contributed by atoms with E-state index in [-0.39, 0.29) is 17.2 Å². The average molecular weight is 779 g/mol. The molecule has 0 unspecified atom stereocenters. The fourth-order valence-corrected chi connectivity index (χ4v) is 12.6. The van der Waals surface area contributed by atoms with Gasteiger partial charge in [0.05, 0.1) is 11.7 Å². The van der Waals surface area contributed by atoms with Crippen LogP contribution in [-0.4, -0.2) is 111 Å². The third kappa shape index (κ3) is 9.98. The monoisotopic (exact) mass is 778 g/mol. The molecule has 0 radical (unpaired) electrons. The van der Waals surface area contributed by atoms with Gasteiger partial charge in [-0.25, -0.2) is 4.79 Å². The summed E-state index contributed by atoms with van der Waals surface area (Å²) in [6.45, 7) is 18.6. The molecule has 6 rings (SSSR count). The molecule has 3 aromatic carbocycles. The Morgan fingerprint density at radius 1 is 0.821 bits per heavy atom. The molecule has 10 nitrogen and oxygen atoms in total. The van der Waals surface area contributed by atoms with E-state index in [1.165, 1.54) is 21.5 Å². The first-order chi connectivity index (χ1) is 26.7. The number of carbonyl (C=O) groups excluding carboxylic acids is 1. The Labute approximate surface area is 335 Å². The van der Waals surface area contributed by atoms with Gasteiger partial charge < -0.3 is 28.6 Å². The third-order valence-corrected chi connectivity index (χ3v) is 15.8. The van der Waals surface area contributed by atoms with Crippen molar-refractivity contribution >= 4 is 30.6 Å². The Morgan fingerprint density at radius 3 is 2.04 bits per heavy atom. The maximum absolute atomic E-state index is 13.9. The van der Waals surface area contributed by atoms with E-state index in [1.54, 1.807) is 0 Å². The van der Waals surface area contributed by atoms with Crippen LogP contribution >= 0.6 is 0 Å². The van der Waals surface area contributed by atoms with E-state index in [9.17, 15) is 4.79 Å². The molecule has 1 atom stereocenters. The van der Waals surface area contributed by atoms with Gasteiger partial charge in [0.15, 0.2) is 0 Å². The van der Waals surface area contributed by atoms with Crippen LogP contribution < -0.4 is 20.0 Å². The standard InChI is InChI=1S/C45H62N6O4Si/c1-44(2,3)55-43(52)51-28-27-50(33-36(51)25-30-54-56(45(4,5)6,37-20-14-10-15-21-37)38-22-16-11-17-23-38)41-39-24-26-49(32-35-18-12-9-13-19-35)34-40(39)46-42(47-41)53-31-29-48(7)8/h9-23,36H,24-34H2,1-8H3/t36-/m0/s1. The smallest absolute Gasteiger partial charge is 0.410 e. The predicted molar refractivity (Wildman–Crippen MR) is 227 cm³/mol. The predicted octanol–water partition coefficient (Wildman–Crippen LogP) is 6.37. The number of hydrogen-bond acceptors (Lipinski definition) is 9. The van der Waals surface area contributed by atoms with Crippen LogP contribution in [-0.2, 0) is 28.7 Å². The summed E-state index contributed by atoms with van der Waals surface area (Å²) >= 11 is 0. The molecule has 1 amide bonds. The fraction of sp³-hybridized carbons (Fsp3) is 0.489. The molecule has 0 spiro atoms. The van der Waals surface area contributed by atoms with E-state index in [0.717, 1.165) is 44.1 Å². The van der Waals surface area contributed by atoms with Crippen LogP contribution in [0.15, 0.2) is 91.0 Å². The van der Waals surface area contributed by atoms with Gasteiger partial charge in [-0.2, -0.15) is 9.97 Å². The number of nitrogens with zero attached hydrogens (tertiary/aromatic N) is 6. The molecule has 1 fully saturated rings. The fourth-order valence-electron chi connectivity index (χ4n) is 8.03. The lowest BCUT2D eigenvalue weighted by Crippen LogP contribution is -2.67. The van der Waals surface area contributed by atoms with E-state index in [0.29, 0.717) is 45.3 Å². The van der Waals surface area contributed by atoms with Gasteiger partial charge in [-0.15, -0.1) is 0 Å². The second-order valence-electron chi connectivity index (χ2n) is 17.4. The second-order valence-corrected chi connectivity index (χ2v) is 21.7. The molecule has 2 aliphatic heterocycles. The van der Waals surface area contributed by atoms with Crippen LogP contribution in [0.25, 0.3) is 0 Å². The van der Waals surface area contributed by atoms with Gasteiger partial charge >= 0.3 is 12.1 Å². The zero-order chi connectivity index (χ0) is 39.9. The summed E-state index contributed by atoms with van der Waals surface area (Å²) in [5.74, 6) is 0.913. The lowest BCUT2D eigenvalue weighted by Gasteiger charge is -2.45. The summed E-state index contributed by atoms with van der Waals surface area (Å²) in [5, 5.41) is 2.32. The molecule has 1 saturated heterocycles. The van der Waals surface area contributed by atoms with Crippen molar-refractivity contribution in [2.45, 2.75) is 84.2 Å². The zero-order valence-electron chi connectivity index (χ0n) is 34.8. The van der Waals surface area contributed by atoms with Gasteiger partial charge in [0.1, 0.15) is 18.0 Å². The van der Waals surface area contributed by atoms with E-state index < -0.39 is 13.9 Å². The molecule has 56 heavy (non-hydrogen) atoms. The minimum Gasteiger partial charge on any atom is -0.462 e. The van der Waals surface area contributed by atoms with Crippen molar-refractivity contribution in [1.82, 2.24) is 24.7 Å². The first-order valence-corrected chi connectivity index (χ1v) is 22.1. The molecule has 0 bridgehead atoms. The molecule has 11 heteroatoms. The number of aromatic nitrogens is 2. The minimum atomic E-state index is -2.78. The van der Waals surface area contributed by atoms with Crippen molar-refractivity contribution in [1.29, 1.82) is 0 Å². The number of fused-ring (bicyclic) bond motifs is 1. The van der Waals surface area contributed by atoms with Gasteiger partial charge in [-0.3, -0.25) is 4.90 Å². The quantitative estimate of drug-likeness (QED) is 0.144. The highest BCUT2D eigenvalue weighted by Crippen LogP contribution is 2.37. The van der Waals surface area contributed by atoms with Crippen molar-refractivity contribution in [3.63, 3.8) is 0 Å². The Balaban J connectivity index is 1.30. The Kier molecular flexibility index (Phi) is 13.2. The van der Waals surface area contributed by atoms with Crippen molar-refractivity contribution in [3.8, 4) is 6.01 Å². The summed E-state index contributed by atoms with van der Waals surface area (Å²) in [5.41, 5.74) is 2.86. The molecule has 3 heterocycles. The van der Waals surface area contributed by atoms with Crippen LogP contribution in [0.5, 0.6) is 6.01 Å². The Bertz CT molecular complexity index is 1830. The highest BCUT2D eigenvalue weighted by molar-refractivity contribution is 6.99. The van der Waals surface area contributed by atoms with Gasteiger partial charge in [0, 0.05) is 58.0 Å². The zero-order valence-corrected chi connectivity index (χ0v) is 35.8. The van der Waals surface area contributed by atoms with Crippen molar-refractivity contribution < 1.29 is 18.7 Å². The normalized spacial score (nSPS) is 16.8. The molecule has 0 N–H and O–H groups in total. The Hall–Kier alpha value is -4.29. The number of likely N-dealkylation sites (N-methyl/N-ethyl adjacent to an activating group) is 1. The number of amides is 1. The molecule has 0 aliphatic carbocycles. The summed E-state index contributed by atoms with van der Waals surface area (Å²) < 4.78 is 19.6. The summed E-state index contributed by atoms with van der Waals surface area (Å²) in [6.07, 6.45) is 1.19. The van der Waals surface area contributed by atoms with Crippen molar-refractivity contribution in [2.24, 2.45) is 0 Å². The van der Waals surface area contributed by atoms with Crippen molar-refractivity contribution in [3.05, 3.63) is 108 Å². The number of rotatable bonds is 13. The molecule has 300 valence electrons. The summed E-state index contributed by atoms with van der Waals surface area (Å²) in [6, 6.07) is 32.3. The number of carbonyl (C=O) groups is 1. The minimum absolute atomic E-state index is 0.156. The molecule has 2 aliphatic rings. The SMILES string of the molecule is CN(C)CCOc1nc2c(c(N3CCN(C(=O)OC(C)(C)C)[C@@H](CCO[Si](c4ccccc4)(c4ccccc4)C(C)(C)C)C3)n1)CCN(Cc1ccccc1)C2. The van der Waals surface area contributed by atoms with Gasteiger partial charge in [0.2, 0.25) is 0 Å². The maximum Gasteiger partial charge on any atom is 0.410 e. The van der Waals surface area contributed by atoms with E-state index in [2.05, 4.69) is 126 Å². The number of hydrogen-bond donors (Lipinski definition) is 0. The first kappa shape index (κ1) is 41.3. The van der Waals surface area contributed by atoms with Crippen LogP contribution in [0.3, 0.4) is 0 Å². The van der Waals surface area contributed by atoms with Gasteiger partial charge in [-0.05, 0) is 68.7 Å². The Morgan fingerprint density at radius 2 is 1.45 bits per heavy atom. The van der Waals surface area contributed by atoms with Crippen LogP contribution in [0.1, 0.15) is 64.8 Å². The van der Waals surface area contributed by atoms with Gasteiger partial charge in [-0.1, -0.05) is 112 Å². The van der Waals surface area contributed by atoms with Crippen LogP contribution in [0.2, 0.25) is 5.04 Å². The van der Waals surface area contributed by atoms with Crippen molar-refractivity contribution in [2.75, 3.05) is 64.9 Å². The number of ether oxygens (including phenoxy) is 2. The highest BCUT2D eigenvalue weighted by atomic mass is 28.4. The largest absolute Gasteiger partial charge is 0.462 e.